The number of carbonyl (C=O) groups is 1. The number of halogens is 1. The Labute approximate surface area is 102 Å². The summed E-state index contributed by atoms with van der Waals surface area (Å²) in [7, 11) is 0. The minimum Gasteiger partial charge on any atom is -0.454 e. The van der Waals surface area contributed by atoms with Crippen molar-refractivity contribution in [1.82, 2.24) is 5.32 Å². The maximum absolute atomic E-state index is 11.4. The number of fused-ring (bicyclic) bond motifs is 1. The molecule has 2 rings (SSSR count). The Morgan fingerprint density at radius 3 is 3.12 bits per heavy atom. The summed E-state index contributed by atoms with van der Waals surface area (Å²) in [4.78, 5) is 11.2. The molecule has 1 amide bonds. The van der Waals surface area contributed by atoms with Crippen molar-refractivity contribution in [3.8, 4) is 11.5 Å². The molecule has 1 aromatic carbocycles. The van der Waals surface area contributed by atoms with Gasteiger partial charge in [-0.15, -0.1) is 0 Å². The summed E-state index contributed by atoms with van der Waals surface area (Å²) in [5.74, 6) is 1.42. The zero-order valence-corrected chi connectivity index (χ0v) is 10.4. The second kappa shape index (κ2) is 4.74. The zero-order chi connectivity index (χ0) is 11.5. The van der Waals surface area contributed by atoms with E-state index in [0.29, 0.717) is 6.54 Å². The van der Waals surface area contributed by atoms with Crippen molar-refractivity contribution in [2.75, 3.05) is 6.79 Å². The van der Waals surface area contributed by atoms with Crippen LogP contribution >= 0.6 is 15.9 Å². The Hall–Kier alpha value is -1.23. The molecule has 1 aromatic rings. The molecule has 0 bridgehead atoms. The number of carbonyl (C=O) groups excluding carboxylic acids is 1. The number of hydrogen-bond acceptors (Lipinski definition) is 3. The molecule has 5 heteroatoms. The average molecular weight is 286 g/mol. The van der Waals surface area contributed by atoms with Gasteiger partial charge in [0, 0.05) is 12.1 Å². The number of rotatable bonds is 3. The summed E-state index contributed by atoms with van der Waals surface area (Å²) in [6.07, 6.45) is 0. The largest absolute Gasteiger partial charge is 0.454 e. The van der Waals surface area contributed by atoms with E-state index in [-0.39, 0.29) is 17.5 Å². The number of benzene rings is 1. The molecule has 0 fully saturated rings. The van der Waals surface area contributed by atoms with Crippen LogP contribution in [0.15, 0.2) is 18.2 Å². The molecule has 16 heavy (non-hydrogen) atoms. The van der Waals surface area contributed by atoms with E-state index in [1.165, 1.54) is 0 Å². The first-order valence-electron chi connectivity index (χ1n) is 4.98. The Bertz CT molecular complexity index is 406. The molecule has 1 aliphatic rings. The topological polar surface area (TPSA) is 47.6 Å². The average Bonchev–Trinajstić information content (AvgIpc) is 2.73. The van der Waals surface area contributed by atoms with Crippen LogP contribution in [0, 0.1) is 0 Å². The van der Waals surface area contributed by atoms with Gasteiger partial charge >= 0.3 is 0 Å². The zero-order valence-electron chi connectivity index (χ0n) is 8.83. The third-order valence-corrected chi connectivity index (χ3v) is 2.71. The lowest BCUT2D eigenvalue weighted by Crippen LogP contribution is -2.28. The van der Waals surface area contributed by atoms with Gasteiger partial charge in [0.2, 0.25) is 12.7 Å². The predicted octanol–water partition coefficient (Wildman–Crippen LogP) is 1.81. The van der Waals surface area contributed by atoms with Crippen LogP contribution in [0.2, 0.25) is 0 Å². The molecule has 4 nitrogen and oxygen atoms in total. The molecule has 1 aliphatic heterocycles. The maximum atomic E-state index is 11.4. The first kappa shape index (κ1) is 11.3. The Balaban J connectivity index is 2.05. The molecule has 1 N–H and O–H groups in total. The molecule has 0 saturated carbocycles. The van der Waals surface area contributed by atoms with Crippen LogP contribution in [0.25, 0.3) is 0 Å². The number of hydrogen-bond donors (Lipinski definition) is 1. The van der Waals surface area contributed by atoms with Crippen molar-refractivity contribution in [3.05, 3.63) is 23.8 Å². The van der Waals surface area contributed by atoms with E-state index in [1.807, 2.05) is 18.2 Å². The van der Waals surface area contributed by atoms with Gasteiger partial charge < -0.3 is 14.8 Å². The molecule has 0 saturated heterocycles. The van der Waals surface area contributed by atoms with Crippen LogP contribution in [0.1, 0.15) is 12.5 Å². The van der Waals surface area contributed by atoms with Gasteiger partial charge in [-0.25, -0.2) is 0 Å². The third kappa shape index (κ3) is 2.29. The summed E-state index contributed by atoms with van der Waals surface area (Å²) in [6.45, 7) is 2.47. The highest BCUT2D eigenvalue weighted by atomic mass is 79.9. The first-order chi connectivity index (χ1) is 7.68. The van der Waals surface area contributed by atoms with Gasteiger partial charge in [-0.2, -0.15) is 0 Å². The van der Waals surface area contributed by atoms with E-state index >= 15 is 0 Å². The lowest BCUT2D eigenvalue weighted by atomic mass is 10.2. The predicted molar refractivity (Wildman–Crippen MR) is 62.8 cm³/mol. The van der Waals surface area contributed by atoms with Crippen LogP contribution in [0.3, 0.4) is 0 Å². The monoisotopic (exact) mass is 285 g/mol. The Morgan fingerprint density at radius 2 is 2.38 bits per heavy atom. The van der Waals surface area contributed by atoms with Gasteiger partial charge in [0.1, 0.15) is 0 Å². The normalized spacial score (nSPS) is 14.6. The standard InChI is InChI=1S/C11H12BrNO3/c1-7(12)11(14)13-5-8-3-2-4-9-10(8)16-6-15-9/h2-4,7H,5-6H2,1H3,(H,13,14). The third-order valence-electron chi connectivity index (χ3n) is 2.29. The Morgan fingerprint density at radius 1 is 1.56 bits per heavy atom. The number of alkyl halides is 1. The highest BCUT2D eigenvalue weighted by Crippen LogP contribution is 2.35. The Kier molecular flexibility index (Phi) is 3.33. The fourth-order valence-electron chi connectivity index (χ4n) is 1.45. The molecular weight excluding hydrogens is 274 g/mol. The van der Waals surface area contributed by atoms with Crippen LogP contribution in [-0.4, -0.2) is 17.5 Å². The SMILES string of the molecule is CC(Br)C(=O)NCc1cccc2c1OCO2. The molecule has 0 aromatic heterocycles. The van der Waals surface area contributed by atoms with E-state index in [1.54, 1.807) is 6.92 Å². The fourth-order valence-corrected chi connectivity index (χ4v) is 1.61. The highest BCUT2D eigenvalue weighted by molar-refractivity contribution is 9.10. The molecule has 1 unspecified atom stereocenters. The lowest BCUT2D eigenvalue weighted by Gasteiger charge is -2.08. The molecule has 0 radical (unpaired) electrons. The maximum Gasteiger partial charge on any atom is 0.233 e. The van der Waals surface area contributed by atoms with Crippen molar-refractivity contribution in [2.45, 2.75) is 18.3 Å². The van der Waals surface area contributed by atoms with Gasteiger partial charge in [-0.3, -0.25) is 4.79 Å². The number of nitrogens with one attached hydrogen (secondary N) is 1. The van der Waals surface area contributed by atoms with E-state index in [9.17, 15) is 4.79 Å². The summed E-state index contributed by atoms with van der Waals surface area (Å²) in [5, 5.41) is 2.81. The first-order valence-corrected chi connectivity index (χ1v) is 5.89. The number of para-hydroxylation sites is 1. The molecular formula is C11H12BrNO3. The van der Waals surface area contributed by atoms with Crippen LogP contribution in [-0.2, 0) is 11.3 Å². The van der Waals surface area contributed by atoms with Gasteiger partial charge in [0.25, 0.3) is 0 Å². The van der Waals surface area contributed by atoms with Gasteiger partial charge in [-0.1, -0.05) is 28.1 Å². The van der Waals surface area contributed by atoms with Crippen LogP contribution in [0.4, 0.5) is 0 Å². The highest BCUT2D eigenvalue weighted by Gasteiger charge is 2.17. The van der Waals surface area contributed by atoms with E-state index in [2.05, 4.69) is 21.2 Å². The summed E-state index contributed by atoms with van der Waals surface area (Å²) >= 11 is 3.21. The molecule has 86 valence electrons. The van der Waals surface area contributed by atoms with Crippen molar-refractivity contribution in [3.63, 3.8) is 0 Å². The molecule has 0 aliphatic carbocycles. The number of amides is 1. The van der Waals surface area contributed by atoms with E-state index < -0.39 is 0 Å². The minimum absolute atomic E-state index is 0.0449. The van der Waals surface area contributed by atoms with Crippen molar-refractivity contribution < 1.29 is 14.3 Å². The fraction of sp³-hybridized carbons (Fsp3) is 0.364. The van der Waals surface area contributed by atoms with Gasteiger partial charge in [-0.05, 0) is 13.0 Å². The van der Waals surface area contributed by atoms with Gasteiger partial charge in [0.15, 0.2) is 11.5 Å². The van der Waals surface area contributed by atoms with E-state index in [4.69, 9.17) is 9.47 Å². The van der Waals surface area contributed by atoms with Crippen LogP contribution in [0.5, 0.6) is 11.5 Å². The van der Waals surface area contributed by atoms with E-state index in [0.717, 1.165) is 17.1 Å². The summed E-state index contributed by atoms with van der Waals surface area (Å²) < 4.78 is 10.6. The van der Waals surface area contributed by atoms with Crippen LogP contribution < -0.4 is 14.8 Å². The summed E-state index contributed by atoms with van der Waals surface area (Å²) in [5.41, 5.74) is 0.927. The molecule has 1 heterocycles. The smallest absolute Gasteiger partial charge is 0.233 e. The van der Waals surface area contributed by atoms with Crippen molar-refractivity contribution >= 4 is 21.8 Å². The minimum atomic E-state index is -0.193. The lowest BCUT2D eigenvalue weighted by molar-refractivity contribution is -0.120. The van der Waals surface area contributed by atoms with Crippen molar-refractivity contribution in [2.24, 2.45) is 0 Å². The molecule has 0 spiro atoms. The summed E-state index contributed by atoms with van der Waals surface area (Å²) in [6, 6.07) is 5.64. The van der Waals surface area contributed by atoms with Gasteiger partial charge in [0.05, 0.1) is 4.83 Å². The van der Waals surface area contributed by atoms with Crippen molar-refractivity contribution in [1.29, 1.82) is 0 Å². The quantitative estimate of drug-likeness (QED) is 0.862. The number of ether oxygens (including phenoxy) is 2. The second-order valence-corrected chi connectivity index (χ2v) is 4.86. The molecule has 1 atom stereocenters. The second-order valence-electron chi connectivity index (χ2n) is 3.48.